The maximum Gasteiger partial charge on any atom is 0.249 e. The number of hydrogen-bond acceptors (Lipinski definition) is 3. The largest absolute Gasteiger partial charge is 0.382 e. The molecular formula is C19H21BrFNO3. The van der Waals surface area contributed by atoms with Crippen molar-refractivity contribution in [1.82, 2.24) is 5.32 Å². The highest BCUT2D eigenvalue weighted by Crippen LogP contribution is 2.26. The van der Waals surface area contributed by atoms with E-state index in [-0.39, 0.29) is 5.91 Å². The predicted octanol–water partition coefficient (Wildman–Crippen LogP) is 3.85. The van der Waals surface area contributed by atoms with Crippen LogP contribution in [0.15, 0.2) is 53.0 Å². The van der Waals surface area contributed by atoms with Gasteiger partial charge < -0.3 is 14.8 Å². The van der Waals surface area contributed by atoms with E-state index in [0.29, 0.717) is 23.2 Å². The summed E-state index contributed by atoms with van der Waals surface area (Å²) in [6.07, 6.45) is -0.667. The Kier molecular flexibility index (Phi) is 7.55. The lowest BCUT2D eigenvalue weighted by Crippen LogP contribution is -2.38. The SMILES string of the molecule is COCCOC(C)C(=O)NC(c1ccccc1)c1ccc(Br)cc1F. The second-order valence-corrected chi connectivity index (χ2v) is 6.44. The minimum Gasteiger partial charge on any atom is -0.382 e. The van der Waals surface area contributed by atoms with Crippen LogP contribution in [0.2, 0.25) is 0 Å². The lowest BCUT2D eigenvalue weighted by Gasteiger charge is -2.23. The molecule has 0 bridgehead atoms. The van der Waals surface area contributed by atoms with Crippen LogP contribution < -0.4 is 5.32 Å². The zero-order valence-corrected chi connectivity index (χ0v) is 15.8. The van der Waals surface area contributed by atoms with Crippen LogP contribution in [0, 0.1) is 5.82 Å². The molecule has 0 heterocycles. The Morgan fingerprint density at radius 2 is 1.92 bits per heavy atom. The van der Waals surface area contributed by atoms with Crippen LogP contribution in [-0.4, -0.2) is 32.3 Å². The highest BCUT2D eigenvalue weighted by Gasteiger charge is 2.23. The maximum absolute atomic E-state index is 14.5. The van der Waals surface area contributed by atoms with Crippen LogP contribution in [0.1, 0.15) is 24.1 Å². The lowest BCUT2D eigenvalue weighted by atomic mass is 9.98. The predicted molar refractivity (Wildman–Crippen MR) is 97.8 cm³/mol. The van der Waals surface area contributed by atoms with Crippen LogP contribution in [0.25, 0.3) is 0 Å². The number of carbonyl (C=O) groups is 1. The zero-order valence-electron chi connectivity index (χ0n) is 14.2. The Morgan fingerprint density at radius 3 is 2.56 bits per heavy atom. The molecule has 0 fully saturated rings. The second kappa shape index (κ2) is 9.65. The fourth-order valence-corrected chi connectivity index (χ4v) is 2.70. The van der Waals surface area contributed by atoms with Crippen molar-refractivity contribution in [2.24, 2.45) is 0 Å². The molecule has 1 amide bonds. The number of ether oxygens (including phenoxy) is 2. The first-order valence-electron chi connectivity index (χ1n) is 7.93. The third-order valence-electron chi connectivity index (χ3n) is 3.72. The van der Waals surface area contributed by atoms with E-state index in [9.17, 15) is 9.18 Å². The molecule has 2 unspecified atom stereocenters. The van der Waals surface area contributed by atoms with Crippen molar-refractivity contribution in [3.05, 3.63) is 69.9 Å². The summed E-state index contributed by atoms with van der Waals surface area (Å²) in [5, 5.41) is 2.88. The van der Waals surface area contributed by atoms with Crippen LogP contribution in [0.3, 0.4) is 0 Å². The topological polar surface area (TPSA) is 47.6 Å². The van der Waals surface area contributed by atoms with E-state index in [1.807, 2.05) is 30.3 Å². The van der Waals surface area contributed by atoms with Gasteiger partial charge in [0.25, 0.3) is 0 Å². The van der Waals surface area contributed by atoms with Crippen LogP contribution >= 0.6 is 15.9 Å². The summed E-state index contributed by atoms with van der Waals surface area (Å²) in [5.41, 5.74) is 1.19. The van der Waals surface area contributed by atoms with Crippen molar-refractivity contribution in [1.29, 1.82) is 0 Å². The summed E-state index contributed by atoms with van der Waals surface area (Å²) in [5.74, 6) is -0.705. The quantitative estimate of drug-likeness (QED) is 0.673. The number of carbonyl (C=O) groups excluding carboxylic acids is 1. The van der Waals surface area contributed by atoms with E-state index in [1.54, 1.807) is 26.2 Å². The van der Waals surface area contributed by atoms with E-state index >= 15 is 0 Å². The first kappa shape index (κ1) is 19.6. The van der Waals surface area contributed by atoms with Crippen molar-refractivity contribution in [2.75, 3.05) is 20.3 Å². The first-order valence-corrected chi connectivity index (χ1v) is 8.73. The van der Waals surface area contributed by atoms with Gasteiger partial charge in [0.15, 0.2) is 0 Å². The molecule has 0 aliphatic carbocycles. The average molecular weight is 410 g/mol. The highest BCUT2D eigenvalue weighted by atomic mass is 79.9. The number of methoxy groups -OCH3 is 1. The molecule has 0 aliphatic heterocycles. The fraction of sp³-hybridized carbons (Fsp3) is 0.316. The third-order valence-corrected chi connectivity index (χ3v) is 4.21. The lowest BCUT2D eigenvalue weighted by molar-refractivity contribution is -0.133. The van der Waals surface area contributed by atoms with E-state index < -0.39 is 18.0 Å². The molecule has 2 rings (SSSR count). The standard InChI is InChI=1S/C19H21BrFNO3/c1-13(25-11-10-24-2)19(23)22-18(14-6-4-3-5-7-14)16-9-8-15(20)12-17(16)21/h3-9,12-13,18H,10-11H2,1-2H3,(H,22,23). The molecule has 2 aromatic rings. The molecule has 2 atom stereocenters. The number of nitrogens with one attached hydrogen (secondary N) is 1. The Bertz CT molecular complexity index is 696. The van der Waals surface area contributed by atoms with Crippen LogP contribution in [-0.2, 0) is 14.3 Å². The zero-order chi connectivity index (χ0) is 18.2. The number of hydrogen-bond donors (Lipinski definition) is 1. The van der Waals surface area contributed by atoms with Gasteiger partial charge in [0.2, 0.25) is 5.91 Å². The van der Waals surface area contributed by atoms with E-state index in [2.05, 4.69) is 21.2 Å². The Morgan fingerprint density at radius 1 is 1.20 bits per heavy atom. The van der Waals surface area contributed by atoms with Gasteiger partial charge in [-0.1, -0.05) is 52.3 Å². The summed E-state index contributed by atoms with van der Waals surface area (Å²) in [6, 6.07) is 13.5. The number of rotatable bonds is 8. The molecule has 0 aliphatic rings. The molecule has 2 aromatic carbocycles. The number of halogens is 2. The first-order chi connectivity index (χ1) is 12.0. The van der Waals surface area contributed by atoms with Gasteiger partial charge >= 0.3 is 0 Å². The summed E-state index contributed by atoms with van der Waals surface area (Å²) < 4.78 is 25.4. The van der Waals surface area contributed by atoms with Crippen LogP contribution in [0.4, 0.5) is 4.39 Å². The summed E-state index contributed by atoms with van der Waals surface area (Å²) in [6.45, 7) is 2.37. The van der Waals surface area contributed by atoms with Crippen molar-refractivity contribution < 1.29 is 18.7 Å². The molecule has 0 saturated carbocycles. The van der Waals surface area contributed by atoms with Gasteiger partial charge in [-0.3, -0.25) is 4.79 Å². The highest BCUT2D eigenvalue weighted by molar-refractivity contribution is 9.10. The van der Waals surface area contributed by atoms with Gasteiger partial charge in [0.05, 0.1) is 19.3 Å². The minimum absolute atomic E-state index is 0.313. The van der Waals surface area contributed by atoms with Crippen LogP contribution in [0.5, 0.6) is 0 Å². The Hall–Kier alpha value is -1.76. The molecule has 134 valence electrons. The maximum atomic E-state index is 14.5. The molecule has 25 heavy (non-hydrogen) atoms. The molecular weight excluding hydrogens is 389 g/mol. The minimum atomic E-state index is -0.667. The van der Waals surface area contributed by atoms with E-state index in [4.69, 9.17) is 9.47 Å². The number of amides is 1. The molecule has 0 radical (unpaired) electrons. The third kappa shape index (κ3) is 5.63. The van der Waals surface area contributed by atoms with Crippen molar-refractivity contribution in [3.63, 3.8) is 0 Å². The van der Waals surface area contributed by atoms with Crippen molar-refractivity contribution >= 4 is 21.8 Å². The van der Waals surface area contributed by atoms with Gasteiger partial charge in [-0.15, -0.1) is 0 Å². The molecule has 4 nitrogen and oxygen atoms in total. The van der Waals surface area contributed by atoms with Gasteiger partial charge in [-0.05, 0) is 24.6 Å². The normalized spacial score (nSPS) is 13.3. The van der Waals surface area contributed by atoms with Gasteiger partial charge in [-0.2, -0.15) is 0 Å². The van der Waals surface area contributed by atoms with Gasteiger partial charge in [0.1, 0.15) is 11.9 Å². The Balaban J connectivity index is 2.22. The average Bonchev–Trinajstić information content (AvgIpc) is 2.61. The second-order valence-electron chi connectivity index (χ2n) is 5.52. The van der Waals surface area contributed by atoms with Gasteiger partial charge in [-0.25, -0.2) is 4.39 Å². The van der Waals surface area contributed by atoms with Crippen molar-refractivity contribution in [3.8, 4) is 0 Å². The summed E-state index contributed by atoms with van der Waals surface area (Å²) in [4.78, 5) is 12.5. The number of benzene rings is 2. The molecule has 0 saturated heterocycles. The molecule has 0 spiro atoms. The Labute approximate surface area is 155 Å². The molecule has 0 aromatic heterocycles. The van der Waals surface area contributed by atoms with E-state index in [1.165, 1.54) is 6.07 Å². The van der Waals surface area contributed by atoms with E-state index in [0.717, 1.165) is 5.56 Å². The monoisotopic (exact) mass is 409 g/mol. The molecule has 1 N–H and O–H groups in total. The fourth-order valence-electron chi connectivity index (χ4n) is 2.37. The molecule has 6 heteroatoms. The smallest absolute Gasteiger partial charge is 0.249 e. The summed E-state index contributed by atoms with van der Waals surface area (Å²) in [7, 11) is 1.57. The van der Waals surface area contributed by atoms with Crippen molar-refractivity contribution in [2.45, 2.75) is 19.1 Å². The summed E-state index contributed by atoms with van der Waals surface area (Å²) >= 11 is 3.25. The van der Waals surface area contributed by atoms with Gasteiger partial charge in [0, 0.05) is 17.1 Å².